The second-order valence-corrected chi connectivity index (χ2v) is 5.18. The van der Waals surface area contributed by atoms with E-state index in [9.17, 15) is 4.79 Å². The number of rotatable bonds is 5. The van der Waals surface area contributed by atoms with Crippen molar-refractivity contribution in [3.05, 3.63) is 23.0 Å². The molecule has 0 aliphatic rings. The minimum atomic E-state index is 0.101. The van der Waals surface area contributed by atoms with Gasteiger partial charge in [-0.1, -0.05) is 13.8 Å². The molecule has 0 atom stereocenters. The van der Waals surface area contributed by atoms with Gasteiger partial charge < -0.3 is 9.88 Å². The van der Waals surface area contributed by atoms with Crippen LogP contribution in [0.15, 0.2) is 6.20 Å². The van der Waals surface area contributed by atoms with Gasteiger partial charge >= 0.3 is 0 Å². The maximum Gasteiger partial charge on any atom is 0.239 e. The fourth-order valence-electron chi connectivity index (χ4n) is 1.80. The monoisotopic (exact) mass is 236 g/mol. The number of carbonyl (C=O) groups is 1. The molecule has 1 aromatic heterocycles. The maximum absolute atomic E-state index is 11.7. The highest BCUT2D eigenvalue weighted by atomic mass is 16.1. The Morgan fingerprint density at radius 3 is 2.47 bits per heavy atom. The van der Waals surface area contributed by atoms with Gasteiger partial charge in [0.05, 0.1) is 0 Å². The first kappa shape index (κ1) is 13.8. The van der Waals surface area contributed by atoms with Crippen LogP contribution in [0, 0.1) is 26.7 Å². The average molecular weight is 236 g/mol. The number of nitrogens with zero attached hydrogens (tertiary/aromatic N) is 1. The number of aryl methyl sites for hydroxylation is 1. The van der Waals surface area contributed by atoms with Gasteiger partial charge in [-0.3, -0.25) is 4.79 Å². The molecule has 0 radical (unpaired) electrons. The lowest BCUT2D eigenvalue weighted by Gasteiger charge is -2.09. The van der Waals surface area contributed by atoms with E-state index < -0.39 is 0 Å². The third-order valence-corrected chi connectivity index (χ3v) is 3.27. The Morgan fingerprint density at radius 2 is 2.00 bits per heavy atom. The van der Waals surface area contributed by atoms with Gasteiger partial charge in [-0.2, -0.15) is 0 Å². The topological polar surface area (TPSA) is 34.0 Å². The first-order chi connectivity index (χ1) is 7.91. The summed E-state index contributed by atoms with van der Waals surface area (Å²) in [5.74, 6) is 0.733. The molecule has 0 aliphatic heterocycles. The standard InChI is InChI=1S/C14H24N2O/c1-10(2)6-7-15-14(17)9-16-8-11(3)12(4)13(16)5/h8,10H,6-7,9H2,1-5H3,(H,15,17). The Kier molecular flexibility index (Phi) is 4.79. The normalized spacial score (nSPS) is 10.9. The molecule has 0 saturated heterocycles. The third-order valence-electron chi connectivity index (χ3n) is 3.27. The van der Waals surface area contributed by atoms with Crippen LogP contribution in [0.5, 0.6) is 0 Å². The lowest BCUT2D eigenvalue weighted by molar-refractivity contribution is -0.121. The van der Waals surface area contributed by atoms with Crippen LogP contribution in [0.1, 0.15) is 37.1 Å². The smallest absolute Gasteiger partial charge is 0.239 e. The zero-order valence-corrected chi connectivity index (χ0v) is 11.6. The fourth-order valence-corrected chi connectivity index (χ4v) is 1.80. The van der Waals surface area contributed by atoms with E-state index in [1.165, 1.54) is 16.8 Å². The summed E-state index contributed by atoms with van der Waals surface area (Å²) >= 11 is 0. The van der Waals surface area contributed by atoms with Gasteiger partial charge in [0.1, 0.15) is 6.54 Å². The lowest BCUT2D eigenvalue weighted by atomic mass is 10.1. The van der Waals surface area contributed by atoms with E-state index in [-0.39, 0.29) is 5.91 Å². The van der Waals surface area contributed by atoms with Gasteiger partial charge in [-0.25, -0.2) is 0 Å². The molecule has 0 aliphatic carbocycles. The first-order valence-corrected chi connectivity index (χ1v) is 6.31. The molecule has 3 heteroatoms. The molecule has 17 heavy (non-hydrogen) atoms. The van der Waals surface area contributed by atoms with Crippen molar-refractivity contribution in [3.8, 4) is 0 Å². The van der Waals surface area contributed by atoms with Crippen LogP contribution >= 0.6 is 0 Å². The van der Waals surface area contributed by atoms with E-state index in [0.717, 1.165) is 13.0 Å². The molecule has 1 heterocycles. The van der Waals surface area contributed by atoms with Crippen LogP contribution in [0.4, 0.5) is 0 Å². The zero-order chi connectivity index (χ0) is 13.0. The van der Waals surface area contributed by atoms with Crippen LogP contribution in [-0.2, 0) is 11.3 Å². The van der Waals surface area contributed by atoms with E-state index in [4.69, 9.17) is 0 Å². The molecule has 1 rings (SSSR count). The molecular weight excluding hydrogens is 212 g/mol. The molecule has 0 bridgehead atoms. The van der Waals surface area contributed by atoms with Crippen molar-refractivity contribution in [1.82, 2.24) is 9.88 Å². The summed E-state index contributed by atoms with van der Waals surface area (Å²) in [7, 11) is 0. The molecule has 3 nitrogen and oxygen atoms in total. The number of nitrogens with one attached hydrogen (secondary N) is 1. The van der Waals surface area contributed by atoms with E-state index in [1.54, 1.807) is 0 Å². The van der Waals surface area contributed by atoms with Gasteiger partial charge in [-0.05, 0) is 44.2 Å². The SMILES string of the molecule is Cc1cn(CC(=O)NCCC(C)C)c(C)c1C. The molecule has 0 saturated carbocycles. The van der Waals surface area contributed by atoms with Crippen LogP contribution in [0.3, 0.4) is 0 Å². The summed E-state index contributed by atoms with van der Waals surface area (Å²) < 4.78 is 2.02. The van der Waals surface area contributed by atoms with Crippen molar-refractivity contribution < 1.29 is 4.79 Å². The summed E-state index contributed by atoms with van der Waals surface area (Å²) in [5, 5.41) is 2.96. The maximum atomic E-state index is 11.7. The van der Waals surface area contributed by atoms with Crippen LogP contribution < -0.4 is 5.32 Å². The predicted octanol–water partition coefficient (Wildman–Crippen LogP) is 2.58. The molecular formula is C14H24N2O. The molecule has 0 spiro atoms. The van der Waals surface area contributed by atoms with Crippen molar-refractivity contribution in [2.24, 2.45) is 5.92 Å². The van der Waals surface area contributed by atoms with E-state index in [0.29, 0.717) is 12.5 Å². The van der Waals surface area contributed by atoms with Crippen molar-refractivity contribution >= 4 is 5.91 Å². The second kappa shape index (κ2) is 5.89. The minimum Gasteiger partial charge on any atom is -0.355 e. The van der Waals surface area contributed by atoms with Gasteiger partial charge in [0.15, 0.2) is 0 Å². The van der Waals surface area contributed by atoms with Crippen LogP contribution in [0.2, 0.25) is 0 Å². The highest BCUT2D eigenvalue weighted by Gasteiger charge is 2.08. The molecule has 0 unspecified atom stereocenters. The zero-order valence-electron chi connectivity index (χ0n) is 11.6. The quantitative estimate of drug-likeness (QED) is 0.837. The van der Waals surface area contributed by atoms with E-state index in [2.05, 4.69) is 39.9 Å². The van der Waals surface area contributed by atoms with Crippen LogP contribution in [0.25, 0.3) is 0 Å². The Balaban J connectivity index is 2.48. The Bertz CT molecular complexity index is 391. The first-order valence-electron chi connectivity index (χ1n) is 6.31. The molecule has 0 fully saturated rings. The van der Waals surface area contributed by atoms with E-state index in [1.807, 2.05) is 10.8 Å². The second-order valence-electron chi connectivity index (χ2n) is 5.18. The summed E-state index contributed by atoms with van der Waals surface area (Å²) in [4.78, 5) is 11.7. The third kappa shape index (κ3) is 3.91. The van der Waals surface area contributed by atoms with Gasteiger partial charge in [0.2, 0.25) is 5.91 Å². The van der Waals surface area contributed by atoms with Crippen LogP contribution in [-0.4, -0.2) is 17.0 Å². The molecule has 0 aromatic carbocycles. The number of amides is 1. The number of hydrogen-bond donors (Lipinski definition) is 1. The Labute approximate surface area is 104 Å². The van der Waals surface area contributed by atoms with Crippen molar-refractivity contribution in [1.29, 1.82) is 0 Å². The Hall–Kier alpha value is -1.25. The van der Waals surface area contributed by atoms with Gasteiger partial charge in [-0.15, -0.1) is 0 Å². The number of hydrogen-bond acceptors (Lipinski definition) is 1. The summed E-state index contributed by atoms with van der Waals surface area (Å²) in [6, 6.07) is 0. The van der Waals surface area contributed by atoms with Crippen molar-refractivity contribution in [2.75, 3.05) is 6.54 Å². The average Bonchev–Trinajstić information content (AvgIpc) is 2.46. The highest BCUT2D eigenvalue weighted by molar-refractivity contribution is 5.75. The minimum absolute atomic E-state index is 0.101. The molecule has 1 aromatic rings. The molecule has 96 valence electrons. The van der Waals surface area contributed by atoms with Crippen molar-refractivity contribution in [2.45, 2.75) is 47.6 Å². The number of aromatic nitrogens is 1. The van der Waals surface area contributed by atoms with Gasteiger partial charge in [0, 0.05) is 18.4 Å². The van der Waals surface area contributed by atoms with Crippen molar-refractivity contribution in [3.63, 3.8) is 0 Å². The molecule has 1 N–H and O–H groups in total. The number of carbonyl (C=O) groups excluding carboxylic acids is 1. The van der Waals surface area contributed by atoms with E-state index >= 15 is 0 Å². The molecule has 1 amide bonds. The Morgan fingerprint density at radius 1 is 1.35 bits per heavy atom. The van der Waals surface area contributed by atoms with Gasteiger partial charge in [0.25, 0.3) is 0 Å². The predicted molar refractivity (Wildman–Crippen MR) is 71.1 cm³/mol. The fraction of sp³-hybridized carbons (Fsp3) is 0.643. The largest absolute Gasteiger partial charge is 0.355 e. The highest BCUT2D eigenvalue weighted by Crippen LogP contribution is 2.14. The summed E-state index contributed by atoms with van der Waals surface area (Å²) in [6.45, 7) is 11.8. The summed E-state index contributed by atoms with van der Waals surface area (Å²) in [6.07, 6.45) is 3.08. The summed E-state index contributed by atoms with van der Waals surface area (Å²) in [5.41, 5.74) is 3.71. The lowest BCUT2D eigenvalue weighted by Crippen LogP contribution is -2.29.